The minimum absolute atomic E-state index is 0.0234. The normalized spacial score (nSPS) is 28.5. The Labute approximate surface area is 459 Å². The van der Waals surface area contributed by atoms with Gasteiger partial charge in [-0.3, -0.25) is 14.4 Å². The van der Waals surface area contributed by atoms with Crippen LogP contribution in [0, 0.1) is 67.9 Å². The molecule has 3 fully saturated rings. The summed E-state index contributed by atoms with van der Waals surface area (Å²) >= 11 is 0. The van der Waals surface area contributed by atoms with Crippen molar-refractivity contribution in [3.05, 3.63) is 158 Å². The summed E-state index contributed by atoms with van der Waals surface area (Å²) in [4.78, 5) is 36.8. The minimum Gasteiger partial charge on any atom is -0.492 e. The first kappa shape index (κ1) is 53.8. The molecule has 78 heavy (non-hydrogen) atoms. The lowest BCUT2D eigenvalue weighted by Crippen LogP contribution is -2.42. The average Bonchev–Trinajstić information content (AvgIpc) is 4.12. The van der Waals surface area contributed by atoms with Crippen LogP contribution in [0.15, 0.2) is 91.0 Å². The molecule has 5 aromatic rings. The Bertz CT molecular complexity index is 2930. The van der Waals surface area contributed by atoms with Gasteiger partial charge >= 0.3 is 5.97 Å². The number of ether oxygens (including phenoxy) is 3. The van der Waals surface area contributed by atoms with Crippen molar-refractivity contribution in [3.8, 4) is 17.2 Å². The molecule has 0 aromatic heterocycles. The largest absolute Gasteiger partial charge is 0.492 e. The summed E-state index contributed by atoms with van der Waals surface area (Å²) in [6, 6.07) is 29.3. The average molecular weight is 1060 g/mol. The second-order valence-corrected chi connectivity index (χ2v) is 25.1. The van der Waals surface area contributed by atoms with Crippen molar-refractivity contribution in [1.29, 1.82) is 0 Å². The maximum absolute atomic E-state index is 13.5. The van der Waals surface area contributed by atoms with Crippen molar-refractivity contribution in [1.82, 2.24) is 10.6 Å². The van der Waals surface area contributed by atoms with Crippen LogP contribution in [0.2, 0.25) is 0 Å². The van der Waals surface area contributed by atoms with Gasteiger partial charge in [0.05, 0.1) is 37.8 Å². The van der Waals surface area contributed by atoms with E-state index in [-0.39, 0.29) is 69.5 Å². The van der Waals surface area contributed by atoms with Crippen LogP contribution >= 0.6 is 0 Å². The molecule has 3 heterocycles. The van der Waals surface area contributed by atoms with Gasteiger partial charge in [-0.05, 0) is 210 Å². The monoisotopic (exact) mass is 1060 g/mol. The van der Waals surface area contributed by atoms with Crippen molar-refractivity contribution in [2.75, 3.05) is 19.8 Å². The molecule has 0 radical (unpaired) electrons. The Hall–Kier alpha value is -6.23. The molecule has 412 valence electrons. The lowest BCUT2D eigenvalue weighted by molar-refractivity contribution is -0.143. The first-order chi connectivity index (χ1) is 37.4. The number of carbonyl (C=O) groups is 3. The van der Waals surface area contributed by atoms with E-state index in [1.54, 1.807) is 12.1 Å². The highest BCUT2D eigenvalue weighted by Gasteiger charge is 2.48. The minimum atomic E-state index is -0.662. The lowest BCUT2D eigenvalue weighted by Gasteiger charge is -2.39. The number of aliphatic carboxylic acids is 1. The smallest absolute Gasteiger partial charge is 0.306 e. The van der Waals surface area contributed by atoms with Crippen molar-refractivity contribution in [2.45, 2.75) is 160 Å². The summed E-state index contributed by atoms with van der Waals surface area (Å²) in [6.45, 7) is 14.5. The first-order valence-electron chi connectivity index (χ1n) is 29.0. The number of fused-ring (bicyclic) bond motifs is 8. The van der Waals surface area contributed by atoms with E-state index in [0.717, 1.165) is 149 Å². The summed E-state index contributed by atoms with van der Waals surface area (Å²) in [5.74, 6) is 3.02. The molecule has 11 heteroatoms. The fraction of sp³-hybridized carbons (Fsp3) is 0.507. The number of hydrogen-bond acceptors (Lipinski definition) is 6. The molecular formula is C67H78F2N2O7. The fourth-order valence-corrected chi connectivity index (χ4v) is 14.8. The van der Waals surface area contributed by atoms with Crippen molar-refractivity contribution < 1.29 is 42.5 Å². The van der Waals surface area contributed by atoms with E-state index in [9.17, 15) is 23.2 Å². The maximum Gasteiger partial charge on any atom is 0.306 e. The number of benzene rings is 5. The van der Waals surface area contributed by atoms with Crippen molar-refractivity contribution in [2.24, 2.45) is 35.5 Å². The molecule has 9 nitrogen and oxygen atoms in total. The zero-order chi connectivity index (χ0) is 54.7. The third-order valence-electron chi connectivity index (χ3n) is 20.4. The highest BCUT2D eigenvalue weighted by molar-refractivity contribution is 5.80. The zero-order valence-corrected chi connectivity index (χ0v) is 46.5. The number of carbonyl (C=O) groups excluding carboxylic acids is 2. The third kappa shape index (κ3) is 10.3. The molecule has 13 rings (SSSR count). The van der Waals surface area contributed by atoms with Gasteiger partial charge in [-0.25, -0.2) is 8.78 Å². The molecule has 5 aromatic carbocycles. The van der Waals surface area contributed by atoms with Gasteiger partial charge < -0.3 is 30.0 Å². The van der Waals surface area contributed by atoms with Crippen LogP contribution in [0.1, 0.15) is 166 Å². The molecule has 3 aliphatic heterocycles. The number of amides is 2. The summed E-state index contributed by atoms with van der Waals surface area (Å²) < 4.78 is 44.9. The summed E-state index contributed by atoms with van der Waals surface area (Å²) in [5, 5.41) is 15.5. The third-order valence-corrected chi connectivity index (χ3v) is 20.4. The number of nitrogens with one attached hydrogen (secondary N) is 2. The molecule has 0 bridgehead atoms. The Kier molecular flexibility index (Phi) is 14.8. The maximum atomic E-state index is 13.5. The van der Waals surface area contributed by atoms with Gasteiger partial charge in [0.2, 0.25) is 11.8 Å². The predicted molar refractivity (Wildman–Crippen MR) is 298 cm³/mol. The summed E-state index contributed by atoms with van der Waals surface area (Å²) in [6.07, 6.45) is 14.1. The summed E-state index contributed by atoms with van der Waals surface area (Å²) in [5.41, 5.74) is 12.3. The van der Waals surface area contributed by atoms with Gasteiger partial charge in [-0.1, -0.05) is 69.3 Å². The molecule has 3 spiro atoms. The van der Waals surface area contributed by atoms with Crippen LogP contribution in [-0.2, 0) is 43.5 Å². The number of rotatable bonds is 8. The highest BCUT2D eigenvalue weighted by Crippen LogP contribution is 2.53. The molecule has 3 saturated carbocycles. The van der Waals surface area contributed by atoms with Crippen LogP contribution in [0.3, 0.4) is 0 Å². The van der Waals surface area contributed by atoms with Gasteiger partial charge in [-0.15, -0.1) is 0 Å². The SMILES string of the molecule is Cc1ccc2c(c1)OCC21CCC([C@H](C)C(=O)N[C@@H]2Cc3ccc(F)cc32)CC1.Cc1ccc2c(c1)OCC21CCC([C@H](C)C(=O)N[C@H]2Cc3ccc(F)cc32)CC1.Cc1ccc2c(c1)OCC21CCC([C@H](C)C(=O)O)CC1. The van der Waals surface area contributed by atoms with Crippen LogP contribution in [0.5, 0.6) is 17.2 Å². The lowest BCUT2D eigenvalue weighted by atomic mass is 9.65. The van der Waals surface area contributed by atoms with Crippen LogP contribution < -0.4 is 24.8 Å². The predicted octanol–water partition coefficient (Wildman–Crippen LogP) is 13.5. The van der Waals surface area contributed by atoms with Gasteiger partial charge in [-0.2, -0.15) is 0 Å². The quantitative estimate of drug-likeness (QED) is 0.141. The van der Waals surface area contributed by atoms with Gasteiger partial charge in [0.25, 0.3) is 0 Å². The van der Waals surface area contributed by atoms with Gasteiger partial charge in [0.15, 0.2) is 0 Å². The van der Waals surface area contributed by atoms with E-state index in [2.05, 4.69) is 86.0 Å². The number of hydrogen-bond donors (Lipinski definition) is 3. The van der Waals surface area contributed by atoms with Gasteiger partial charge in [0.1, 0.15) is 28.9 Å². The molecule has 8 aliphatic rings. The number of aryl methyl sites for hydroxylation is 3. The van der Waals surface area contributed by atoms with E-state index in [0.29, 0.717) is 17.8 Å². The molecule has 5 aliphatic carbocycles. The molecular weight excluding hydrogens is 983 g/mol. The second-order valence-electron chi connectivity index (χ2n) is 25.1. The number of carboxylic acids is 1. The Morgan fingerprint density at radius 3 is 1.13 bits per heavy atom. The fourth-order valence-electron chi connectivity index (χ4n) is 14.8. The molecule has 3 N–H and O–H groups in total. The Balaban J connectivity index is 0.000000127. The van der Waals surface area contributed by atoms with Gasteiger partial charge in [0, 0.05) is 44.8 Å². The molecule has 2 amide bonds. The van der Waals surface area contributed by atoms with Crippen molar-refractivity contribution in [3.63, 3.8) is 0 Å². The molecule has 5 atom stereocenters. The highest BCUT2D eigenvalue weighted by atomic mass is 19.1. The molecule has 0 saturated heterocycles. The van der Waals surface area contributed by atoms with E-state index < -0.39 is 5.97 Å². The van der Waals surface area contributed by atoms with E-state index in [1.807, 2.05) is 32.9 Å². The van der Waals surface area contributed by atoms with Crippen molar-refractivity contribution >= 4 is 17.8 Å². The van der Waals surface area contributed by atoms with E-state index in [4.69, 9.17) is 19.3 Å². The zero-order valence-electron chi connectivity index (χ0n) is 46.5. The second kappa shape index (κ2) is 21.4. The van der Waals surface area contributed by atoms with Crippen LogP contribution in [0.25, 0.3) is 0 Å². The molecule has 0 unspecified atom stereocenters. The number of halogens is 2. The topological polar surface area (TPSA) is 123 Å². The Morgan fingerprint density at radius 2 is 0.808 bits per heavy atom. The van der Waals surface area contributed by atoms with E-state index in [1.165, 1.54) is 45.5 Å². The van der Waals surface area contributed by atoms with E-state index >= 15 is 0 Å². The Morgan fingerprint density at radius 1 is 0.487 bits per heavy atom. The van der Waals surface area contributed by atoms with Crippen LogP contribution in [0.4, 0.5) is 8.78 Å². The standard InChI is InChI=1S/2C25H28FNO2.C17H22O3/c2*1-15-3-6-21-23(11-15)29-14-25(21)9-7-17(8-10-25)16(2)24(28)27-22-12-18-4-5-19(26)13-20(18)22;1-11-3-4-14-15(9-11)20-10-17(14)7-5-13(6-8-17)12(2)16(18)19/h2*3-6,11,13,16-17,22H,7-10,12,14H2,1-2H3,(H,27,28);3-4,9,12-13H,5-8,10H2,1-2H3,(H,18,19)/t16-,17?,22+,25?;16-,17?,22-,25?;12-,13?,17?/m000/s1. The summed E-state index contributed by atoms with van der Waals surface area (Å²) in [7, 11) is 0. The van der Waals surface area contributed by atoms with Crippen LogP contribution in [-0.4, -0.2) is 42.7 Å². The first-order valence-corrected chi connectivity index (χ1v) is 29.0. The number of carboxylic acid groups (broad SMARTS) is 1.